The van der Waals surface area contributed by atoms with Crippen molar-refractivity contribution in [2.75, 3.05) is 13.3 Å². The summed E-state index contributed by atoms with van der Waals surface area (Å²) in [4.78, 5) is 18.8. The van der Waals surface area contributed by atoms with Crippen LogP contribution >= 0.6 is 11.6 Å². The highest BCUT2D eigenvalue weighted by atomic mass is 35.5. The molecule has 1 aliphatic rings. The van der Waals surface area contributed by atoms with Crippen molar-refractivity contribution < 1.29 is 14.3 Å². The van der Waals surface area contributed by atoms with Crippen molar-refractivity contribution in [1.29, 1.82) is 0 Å². The van der Waals surface area contributed by atoms with Crippen molar-refractivity contribution in [1.82, 2.24) is 19.6 Å². The Morgan fingerprint density at radius 2 is 2.11 bits per heavy atom. The number of nitrogens with one attached hydrogen (secondary N) is 1. The third-order valence-electron chi connectivity index (χ3n) is 4.36. The maximum atomic E-state index is 12.6. The summed E-state index contributed by atoms with van der Waals surface area (Å²) in [5, 5.41) is 3.56. The van der Waals surface area contributed by atoms with Crippen LogP contribution in [0.3, 0.4) is 0 Å². The van der Waals surface area contributed by atoms with Gasteiger partial charge in [0.1, 0.15) is 5.65 Å². The van der Waals surface area contributed by atoms with Gasteiger partial charge in [-0.15, -0.1) is 0 Å². The summed E-state index contributed by atoms with van der Waals surface area (Å²) in [6.07, 6.45) is 3.64. The van der Waals surface area contributed by atoms with Crippen LogP contribution in [0.2, 0.25) is 5.02 Å². The number of pyridine rings is 1. The molecule has 0 bridgehead atoms. The van der Waals surface area contributed by atoms with Crippen LogP contribution < -0.4 is 14.8 Å². The van der Waals surface area contributed by atoms with Gasteiger partial charge >= 0.3 is 6.03 Å². The van der Waals surface area contributed by atoms with Crippen molar-refractivity contribution >= 4 is 23.3 Å². The van der Waals surface area contributed by atoms with Crippen LogP contribution in [0.4, 0.5) is 4.79 Å². The van der Waals surface area contributed by atoms with Gasteiger partial charge < -0.3 is 24.1 Å². The number of fused-ring (bicyclic) bond motifs is 2. The minimum atomic E-state index is -0.148. The van der Waals surface area contributed by atoms with E-state index in [1.54, 1.807) is 17.2 Å². The molecular formula is C19H19ClN4O3. The Labute approximate surface area is 161 Å². The fraction of sp³-hybridized carbons (Fsp3) is 0.263. The second kappa shape index (κ2) is 7.36. The second-order valence-electron chi connectivity index (χ2n) is 6.21. The highest BCUT2D eigenvalue weighted by Crippen LogP contribution is 2.32. The highest BCUT2D eigenvalue weighted by Gasteiger charge is 2.17. The van der Waals surface area contributed by atoms with Gasteiger partial charge in [0.25, 0.3) is 0 Å². The lowest BCUT2D eigenvalue weighted by atomic mass is 10.2. The SMILES string of the molecule is CCN(Cc1ccc2c(c1)OCO2)C(=O)NCc1cn2cc(Cl)ccc2n1. The number of amides is 2. The van der Waals surface area contributed by atoms with E-state index in [4.69, 9.17) is 21.1 Å². The molecule has 0 unspecified atom stereocenters. The Kier molecular flexibility index (Phi) is 4.77. The molecule has 2 amide bonds. The molecular weight excluding hydrogens is 368 g/mol. The van der Waals surface area contributed by atoms with Gasteiger partial charge in [-0.2, -0.15) is 0 Å². The molecule has 1 aromatic carbocycles. The third kappa shape index (κ3) is 3.78. The fourth-order valence-corrected chi connectivity index (χ4v) is 3.14. The van der Waals surface area contributed by atoms with E-state index in [9.17, 15) is 4.79 Å². The molecule has 3 aromatic rings. The molecule has 1 N–H and O–H groups in total. The van der Waals surface area contributed by atoms with E-state index in [0.29, 0.717) is 30.4 Å². The van der Waals surface area contributed by atoms with Gasteiger partial charge in [-0.25, -0.2) is 9.78 Å². The van der Waals surface area contributed by atoms with E-state index < -0.39 is 0 Å². The maximum absolute atomic E-state index is 12.6. The first-order chi connectivity index (χ1) is 13.1. The molecule has 0 saturated carbocycles. The topological polar surface area (TPSA) is 68.1 Å². The van der Waals surface area contributed by atoms with Gasteiger partial charge in [0.15, 0.2) is 11.5 Å². The summed E-state index contributed by atoms with van der Waals surface area (Å²) in [5.74, 6) is 1.45. The van der Waals surface area contributed by atoms with Gasteiger partial charge in [0, 0.05) is 25.5 Å². The summed E-state index contributed by atoms with van der Waals surface area (Å²) in [5.41, 5.74) is 2.54. The first kappa shape index (κ1) is 17.5. The van der Waals surface area contributed by atoms with Gasteiger partial charge in [-0.05, 0) is 36.8 Å². The lowest BCUT2D eigenvalue weighted by Gasteiger charge is -2.21. The van der Waals surface area contributed by atoms with E-state index in [0.717, 1.165) is 22.7 Å². The molecule has 3 heterocycles. The summed E-state index contributed by atoms with van der Waals surface area (Å²) in [7, 11) is 0. The largest absolute Gasteiger partial charge is 0.454 e. The van der Waals surface area contributed by atoms with Crippen LogP contribution in [0.25, 0.3) is 5.65 Å². The van der Waals surface area contributed by atoms with E-state index >= 15 is 0 Å². The average Bonchev–Trinajstić information content (AvgIpc) is 3.29. The molecule has 1 aliphatic heterocycles. The number of imidazole rings is 1. The van der Waals surface area contributed by atoms with Crippen LogP contribution in [0.1, 0.15) is 18.2 Å². The normalized spacial score (nSPS) is 12.4. The molecule has 7 nitrogen and oxygen atoms in total. The lowest BCUT2D eigenvalue weighted by molar-refractivity contribution is 0.173. The van der Waals surface area contributed by atoms with E-state index in [-0.39, 0.29) is 12.8 Å². The Bertz CT molecular complexity index is 988. The molecule has 0 radical (unpaired) electrons. The molecule has 0 fully saturated rings. The van der Waals surface area contributed by atoms with Crippen LogP contribution in [0, 0.1) is 0 Å². The summed E-state index contributed by atoms with van der Waals surface area (Å²) in [6.45, 7) is 3.59. The van der Waals surface area contributed by atoms with Crippen LogP contribution in [0.5, 0.6) is 11.5 Å². The minimum Gasteiger partial charge on any atom is -0.454 e. The first-order valence-electron chi connectivity index (χ1n) is 8.67. The van der Waals surface area contributed by atoms with Gasteiger partial charge in [0.2, 0.25) is 6.79 Å². The van der Waals surface area contributed by atoms with Crippen molar-refractivity contribution in [3.05, 3.63) is 59.0 Å². The fourth-order valence-electron chi connectivity index (χ4n) is 2.97. The van der Waals surface area contributed by atoms with Crippen LogP contribution in [0.15, 0.2) is 42.7 Å². The number of carbonyl (C=O) groups is 1. The lowest BCUT2D eigenvalue weighted by Crippen LogP contribution is -2.39. The predicted octanol–water partition coefficient (Wildman–Crippen LogP) is 3.45. The monoisotopic (exact) mass is 386 g/mol. The van der Waals surface area contributed by atoms with Gasteiger partial charge in [0.05, 0.1) is 17.3 Å². The molecule has 4 rings (SSSR count). The standard InChI is InChI=1S/C19H19ClN4O3/c1-2-23(9-13-3-5-16-17(7-13)27-12-26-16)19(25)21-8-15-11-24-10-14(20)4-6-18(24)22-15/h3-7,10-11H,2,8-9,12H2,1H3,(H,21,25). The molecule has 0 aliphatic carbocycles. The number of urea groups is 1. The Morgan fingerprint density at radius 3 is 2.96 bits per heavy atom. The van der Waals surface area contributed by atoms with Crippen molar-refractivity contribution in [3.63, 3.8) is 0 Å². The molecule has 27 heavy (non-hydrogen) atoms. The Balaban J connectivity index is 1.39. The number of ether oxygens (including phenoxy) is 2. The number of halogens is 1. The smallest absolute Gasteiger partial charge is 0.318 e. The molecule has 0 spiro atoms. The predicted molar refractivity (Wildman–Crippen MR) is 101 cm³/mol. The number of aromatic nitrogens is 2. The molecule has 0 atom stereocenters. The Hall–Kier alpha value is -2.93. The number of nitrogens with zero attached hydrogens (tertiary/aromatic N) is 3. The zero-order valence-corrected chi connectivity index (χ0v) is 15.6. The quantitative estimate of drug-likeness (QED) is 0.729. The summed E-state index contributed by atoms with van der Waals surface area (Å²) < 4.78 is 12.6. The van der Waals surface area contributed by atoms with Crippen molar-refractivity contribution in [2.45, 2.75) is 20.0 Å². The number of carbonyl (C=O) groups excluding carboxylic acids is 1. The van der Waals surface area contributed by atoms with E-state index in [1.165, 1.54) is 0 Å². The molecule has 2 aromatic heterocycles. The second-order valence-corrected chi connectivity index (χ2v) is 6.64. The molecule has 8 heteroatoms. The van der Waals surface area contributed by atoms with Crippen LogP contribution in [-0.2, 0) is 13.1 Å². The van der Waals surface area contributed by atoms with Gasteiger partial charge in [-0.3, -0.25) is 0 Å². The van der Waals surface area contributed by atoms with Crippen molar-refractivity contribution in [2.24, 2.45) is 0 Å². The maximum Gasteiger partial charge on any atom is 0.318 e. The first-order valence-corrected chi connectivity index (χ1v) is 9.04. The third-order valence-corrected chi connectivity index (χ3v) is 4.59. The number of rotatable bonds is 5. The van der Waals surface area contributed by atoms with E-state index in [2.05, 4.69) is 10.3 Å². The number of hydrogen-bond donors (Lipinski definition) is 1. The van der Waals surface area contributed by atoms with Gasteiger partial charge in [-0.1, -0.05) is 17.7 Å². The van der Waals surface area contributed by atoms with E-state index in [1.807, 2.05) is 41.8 Å². The molecule has 0 saturated heterocycles. The van der Waals surface area contributed by atoms with Crippen molar-refractivity contribution in [3.8, 4) is 11.5 Å². The Morgan fingerprint density at radius 1 is 1.26 bits per heavy atom. The summed E-state index contributed by atoms with van der Waals surface area (Å²) in [6, 6.07) is 9.19. The van der Waals surface area contributed by atoms with Crippen LogP contribution in [-0.4, -0.2) is 33.7 Å². The highest BCUT2D eigenvalue weighted by molar-refractivity contribution is 6.30. The minimum absolute atomic E-state index is 0.148. The zero-order chi connectivity index (χ0) is 18.8. The average molecular weight is 387 g/mol. The summed E-state index contributed by atoms with van der Waals surface area (Å²) >= 11 is 5.99. The molecule has 140 valence electrons. The zero-order valence-electron chi connectivity index (χ0n) is 14.8. The number of benzene rings is 1. The number of hydrogen-bond acceptors (Lipinski definition) is 4.